The molecule has 3 heterocycles. The van der Waals surface area contributed by atoms with Crippen LogP contribution in [0.2, 0.25) is 0 Å². The van der Waals surface area contributed by atoms with Gasteiger partial charge in [-0.2, -0.15) is 5.10 Å². The van der Waals surface area contributed by atoms with Crippen molar-refractivity contribution in [2.75, 3.05) is 0 Å². The SMILES string of the molecule is Brc1cc(Br)c2c(c1)[C@H]1CC(c3ccccc3)=NN1[C@@H](c1ccncc1)O2. The molecular formula is C21H15Br2N3O. The second-order valence-corrected chi connectivity index (χ2v) is 8.34. The van der Waals surface area contributed by atoms with E-state index in [9.17, 15) is 0 Å². The van der Waals surface area contributed by atoms with Crippen LogP contribution in [0.5, 0.6) is 5.75 Å². The first kappa shape index (κ1) is 17.0. The first-order valence-electron chi connectivity index (χ1n) is 8.67. The lowest BCUT2D eigenvalue weighted by Crippen LogP contribution is -2.33. The molecular weight excluding hydrogens is 470 g/mol. The molecule has 6 heteroatoms. The fourth-order valence-electron chi connectivity index (χ4n) is 3.67. The normalized spacial score (nSPS) is 20.5. The maximum absolute atomic E-state index is 6.43. The van der Waals surface area contributed by atoms with Crippen LogP contribution >= 0.6 is 31.9 Å². The maximum Gasteiger partial charge on any atom is 0.214 e. The molecule has 2 atom stereocenters. The third-order valence-corrected chi connectivity index (χ3v) is 5.95. The highest BCUT2D eigenvalue weighted by Crippen LogP contribution is 2.50. The molecule has 27 heavy (non-hydrogen) atoms. The molecule has 1 aromatic heterocycles. The van der Waals surface area contributed by atoms with Gasteiger partial charge >= 0.3 is 0 Å². The van der Waals surface area contributed by atoms with Gasteiger partial charge in [0, 0.05) is 34.4 Å². The van der Waals surface area contributed by atoms with Crippen LogP contribution < -0.4 is 4.74 Å². The van der Waals surface area contributed by atoms with Crippen LogP contribution in [-0.4, -0.2) is 15.7 Å². The van der Waals surface area contributed by atoms with Gasteiger partial charge in [-0.15, -0.1) is 0 Å². The molecule has 134 valence electrons. The number of fused-ring (bicyclic) bond motifs is 3. The summed E-state index contributed by atoms with van der Waals surface area (Å²) >= 11 is 7.28. The summed E-state index contributed by atoms with van der Waals surface area (Å²) in [6.45, 7) is 0. The Morgan fingerprint density at radius 3 is 2.56 bits per heavy atom. The molecule has 3 aromatic rings. The molecule has 0 aliphatic carbocycles. The summed E-state index contributed by atoms with van der Waals surface area (Å²) in [4.78, 5) is 4.14. The maximum atomic E-state index is 6.43. The number of pyridine rings is 1. The number of rotatable bonds is 2. The topological polar surface area (TPSA) is 37.7 Å². The van der Waals surface area contributed by atoms with Crippen molar-refractivity contribution in [3.05, 3.63) is 92.6 Å². The number of benzene rings is 2. The van der Waals surface area contributed by atoms with E-state index in [-0.39, 0.29) is 12.3 Å². The molecule has 0 N–H and O–H groups in total. The quantitative estimate of drug-likeness (QED) is 0.458. The van der Waals surface area contributed by atoms with Gasteiger partial charge in [0.25, 0.3) is 0 Å². The van der Waals surface area contributed by atoms with Crippen LogP contribution in [0.3, 0.4) is 0 Å². The van der Waals surface area contributed by atoms with E-state index in [1.807, 2.05) is 36.4 Å². The van der Waals surface area contributed by atoms with Crippen molar-refractivity contribution >= 4 is 37.6 Å². The van der Waals surface area contributed by atoms with Gasteiger partial charge in [-0.25, -0.2) is 5.01 Å². The summed E-state index contributed by atoms with van der Waals surface area (Å²) < 4.78 is 8.39. The second-order valence-electron chi connectivity index (χ2n) is 6.57. The molecule has 2 aliphatic rings. The van der Waals surface area contributed by atoms with Crippen LogP contribution in [0, 0.1) is 0 Å². The Hall–Kier alpha value is -2.18. The minimum Gasteiger partial charge on any atom is -0.463 e. The van der Waals surface area contributed by atoms with Crippen molar-refractivity contribution in [3.63, 3.8) is 0 Å². The van der Waals surface area contributed by atoms with Crippen LogP contribution in [0.25, 0.3) is 0 Å². The average molecular weight is 485 g/mol. The lowest BCUT2D eigenvalue weighted by molar-refractivity contribution is -0.0197. The Kier molecular flexibility index (Phi) is 4.25. The standard InChI is InChI=1S/C21H15Br2N3O/c22-15-10-16-19-12-18(13-4-2-1-3-5-13)25-26(19)21(14-6-8-24-9-7-14)27-20(16)17(23)11-15/h1-11,19,21H,12H2/t19-,21-/m1/s1. The Labute approximate surface area is 174 Å². The lowest BCUT2D eigenvalue weighted by atomic mass is 9.96. The van der Waals surface area contributed by atoms with Gasteiger partial charge in [0.05, 0.1) is 16.2 Å². The fourth-order valence-corrected chi connectivity index (χ4v) is 5.02. The Balaban J connectivity index is 1.64. The van der Waals surface area contributed by atoms with Crippen molar-refractivity contribution in [2.45, 2.75) is 18.7 Å². The molecule has 4 nitrogen and oxygen atoms in total. The van der Waals surface area contributed by atoms with Crippen LogP contribution in [0.15, 0.2) is 81.0 Å². The number of hydrazone groups is 1. The molecule has 0 unspecified atom stereocenters. The predicted octanol–water partition coefficient (Wildman–Crippen LogP) is 5.85. The van der Waals surface area contributed by atoms with Gasteiger partial charge in [0.15, 0.2) is 0 Å². The van der Waals surface area contributed by atoms with E-state index in [0.29, 0.717) is 0 Å². The Morgan fingerprint density at radius 1 is 1.00 bits per heavy atom. The molecule has 0 amide bonds. The molecule has 0 radical (unpaired) electrons. The molecule has 0 spiro atoms. The highest BCUT2D eigenvalue weighted by atomic mass is 79.9. The highest BCUT2D eigenvalue weighted by Gasteiger charge is 2.41. The largest absolute Gasteiger partial charge is 0.463 e. The number of hydrogen-bond donors (Lipinski definition) is 0. The van der Waals surface area contributed by atoms with Gasteiger partial charge in [-0.1, -0.05) is 46.3 Å². The van der Waals surface area contributed by atoms with E-state index in [1.54, 1.807) is 12.4 Å². The third kappa shape index (κ3) is 2.97. The smallest absolute Gasteiger partial charge is 0.214 e. The van der Waals surface area contributed by atoms with Crippen molar-refractivity contribution < 1.29 is 4.74 Å². The van der Waals surface area contributed by atoms with Crippen molar-refractivity contribution in [1.29, 1.82) is 0 Å². The van der Waals surface area contributed by atoms with E-state index in [4.69, 9.17) is 9.84 Å². The molecule has 5 rings (SSSR count). The first-order valence-corrected chi connectivity index (χ1v) is 10.3. The van der Waals surface area contributed by atoms with Gasteiger partial charge in [-0.05, 0) is 45.8 Å². The van der Waals surface area contributed by atoms with Gasteiger partial charge < -0.3 is 4.74 Å². The van der Waals surface area contributed by atoms with E-state index in [2.05, 4.69) is 60.1 Å². The minimum atomic E-state index is -0.288. The number of ether oxygens (including phenoxy) is 1. The summed E-state index contributed by atoms with van der Waals surface area (Å²) in [5.41, 5.74) is 4.40. The summed E-state index contributed by atoms with van der Waals surface area (Å²) in [6, 6.07) is 18.6. The molecule has 0 bridgehead atoms. The molecule has 0 fully saturated rings. The zero-order valence-corrected chi connectivity index (χ0v) is 17.4. The number of nitrogens with zero attached hydrogens (tertiary/aromatic N) is 3. The van der Waals surface area contributed by atoms with Crippen molar-refractivity contribution in [1.82, 2.24) is 9.99 Å². The van der Waals surface area contributed by atoms with Gasteiger partial charge in [0.1, 0.15) is 5.75 Å². The Bertz CT molecular complexity index is 1020. The van der Waals surface area contributed by atoms with E-state index < -0.39 is 0 Å². The number of hydrogen-bond acceptors (Lipinski definition) is 4. The zero-order chi connectivity index (χ0) is 18.4. The molecule has 0 saturated carbocycles. The Morgan fingerprint density at radius 2 is 1.78 bits per heavy atom. The van der Waals surface area contributed by atoms with Crippen LogP contribution in [0.1, 0.15) is 35.4 Å². The lowest BCUT2D eigenvalue weighted by Gasteiger charge is -2.38. The number of halogens is 2. The minimum absolute atomic E-state index is 0.121. The van der Waals surface area contributed by atoms with Crippen LogP contribution in [-0.2, 0) is 0 Å². The van der Waals surface area contributed by atoms with Crippen LogP contribution in [0.4, 0.5) is 0 Å². The summed E-state index contributed by atoms with van der Waals surface area (Å²) in [7, 11) is 0. The summed E-state index contributed by atoms with van der Waals surface area (Å²) in [5, 5.41) is 7.05. The highest BCUT2D eigenvalue weighted by molar-refractivity contribution is 9.11. The summed E-state index contributed by atoms with van der Waals surface area (Å²) in [5.74, 6) is 0.880. The molecule has 0 saturated heterocycles. The van der Waals surface area contributed by atoms with Crippen molar-refractivity contribution in [3.8, 4) is 5.75 Å². The molecule has 2 aromatic carbocycles. The third-order valence-electron chi connectivity index (χ3n) is 4.91. The van der Waals surface area contributed by atoms with Gasteiger partial charge in [-0.3, -0.25) is 4.98 Å². The molecule has 2 aliphatic heterocycles. The second kappa shape index (κ2) is 6.77. The van der Waals surface area contributed by atoms with Crippen molar-refractivity contribution in [2.24, 2.45) is 5.10 Å². The number of aromatic nitrogens is 1. The average Bonchev–Trinajstić information content (AvgIpc) is 3.15. The predicted molar refractivity (Wildman–Crippen MR) is 112 cm³/mol. The fraction of sp³-hybridized carbons (Fsp3) is 0.143. The monoisotopic (exact) mass is 483 g/mol. The first-order chi connectivity index (χ1) is 13.2. The van der Waals surface area contributed by atoms with E-state index >= 15 is 0 Å². The van der Waals surface area contributed by atoms with Gasteiger partial charge in [0.2, 0.25) is 6.23 Å². The summed E-state index contributed by atoms with van der Waals surface area (Å²) in [6.07, 6.45) is 4.13. The zero-order valence-electron chi connectivity index (χ0n) is 14.2. The van der Waals surface area contributed by atoms with E-state index in [1.165, 1.54) is 0 Å². The van der Waals surface area contributed by atoms with E-state index in [0.717, 1.165) is 43.5 Å².